The minimum atomic E-state index is -0.103. The number of aromatic hydroxyl groups is 1. The van der Waals surface area contributed by atoms with Crippen molar-refractivity contribution in [3.05, 3.63) is 53.1 Å². The van der Waals surface area contributed by atoms with Gasteiger partial charge in [0.25, 0.3) is 5.91 Å². The number of anilines is 2. The van der Waals surface area contributed by atoms with Gasteiger partial charge < -0.3 is 15.7 Å². The van der Waals surface area contributed by atoms with Gasteiger partial charge in [-0.3, -0.25) is 4.79 Å². The van der Waals surface area contributed by atoms with E-state index >= 15 is 0 Å². The zero-order valence-electron chi connectivity index (χ0n) is 12.6. The Hall–Kier alpha value is -2.49. The summed E-state index contributed by atoms with van der Waals surface area (Å²) >= 11 is 0. The van der Waals surface area contributed by atoms with Crippen LogP contribution >= 0.6 is 0 Å². The van der Waals surface area contributed by atoms with Crippen molar-refractivity contribution in [2.45, 2.75) is 20.8 Å². The number of amides is 1. The Labute approximate surface area is 124 Å². The molecule has 4 nitrogen and oxygen atoms in total. The number of hydrogen-bond acceptors (Lipinski definition) is 3. The fourth-order valence-electron chi connectivity index (χ4n) is 2.28. The number of phenolic OH excluding ortho intramolecular Hbond substituents is 1. The Morgan fingerprint density at radius 1 is 1.14 bits per heavy atom. The molecule has 0 bridgehead atoms. The minimum Gasteiger partial charge on any atom is -0.508 e. The van der Waals surface area contributed by atoms with E-state index in [0.29, 0.717) is 17.8 Å². The zero-order valence-corrected chi connectivity index (χ0v) is 12.6. The molecule has 0 unspecified atom stereocenters. The molecule has 0 heterocycles. The van der Waals surface area contributed by atoms with Gasteiger partial charge in [0, 0.05) is 23.9 Å². The Morgan fingerprint density at radius 2 is 1.86 bits per heavy atom. The highest BCUT2D eigenvalue weighted by Crippen LogP contribution is 2.26. The van der Waals surface area contributed by atoms with Gasteiger partial charge in [0.05, 0.1) is 5.69 Å². The maximum Gasteiger partial charge on any atom is 0.258 e. The van der Waals surface area contributed by atoms with Crippen molar-refractivity contribution < 1.29 is 9.90 Å². The topological polar surface area (TPSA) is 66.6 Å². The number of hydrogen-bond donors (Lipinski definition) is 2. The predicted molar refractivity (Wildman–Crippen MR) is 85.8 cm³/mol. The lowest BCUT2D eigenvalue weighted by molar-refractivity contribution is 0.0988. The number of carbonyl (C=O) groups is 1. The Morgan fingerprint density at radius 3 is 2.48 bits per heavy atom. The molecule has 2 rings (SSSR count). The maximum absolute atomic E-state index is 12.7. The first kappa shape index (κ1) is 14.9. The number of nitrogens with zero attached hydrogens (tertiary/aromatic N) is 1. The van der Waals surface area contributed by atoms with Crippen LogP contribution in [0.15, 0.2) is 36.4 Å². The summed E-state index contributed by atoms with van der Waals surface area (Å²) in [6.07, 6.45) is 0. The second-order valence-corrected chi connectivity index (χ2v) is 5.09. The van der Waals surface area contributed by atoms with Crippen molar-refractivity contribution in [2.24, 2.45) is 0 Å². The molecule has 0 saturated carbocycles. The first-order valence-electron chi connectivity index (χ1n) is 6.91. The molecule has 0 saturated heterocycles. The van der Waals surface area contributed by atoms with E-state index in [1.54, 1.807) is 41.3 Å². The molecule has 0 atom stereocenters. The smallest absolute Gasteiger partial charge is 0.258 e. The number of benzene rings is 2. The molecule has 110 valence electrons. The van der Waals surface area contributed by atoms with E-state index in [4.69, 9.17) is 5.73 Å². The molecule has 4 heteroatoms. The van der Waals surface area contributed by atoms with Crippen molar-refractivity contribution in [1.29, 1.82) is 0 Å². The van der Waals surface area contributed by atoms with Crippen LogP contribution in [0.1, 0.15) is 28.4 Å². The Balaban J connectivity index is 2.43. The summed E-state index contributed by atoms with van der Waals surface area (Å²) in [5, 5.41) is 9.66. The number of phenols is 1. The third-order valence-corrected chi connectivity index (χ3v) is 3.56. The summed E-state index contributed by atoms with van der Waals surface area (Å²) in [6.45, 7) is 6.22. The standard InChI is InChI=1S/C17H20N2O2/c1-4-19(16-10-14(20)7-5-11(16)2)17(21)13-6-8-15(18)12(3)9-13/h5-10,20H,4,18H2,1-3H3. The lowest BCUT2D eigenvalue weighted by atomic mass is 10.1. The quantitative estimate of drug-likeness (QED) is 0.850. The largest absolute Gasteiger partial charge is 0.508 e. The maximum atomic E-state index is 12.7. The van der Waals surface area contributed by atoms with Gasteiger partial charge in [-0.05, 0) is 56.2 Å². The number of nitrogens with two attached hydrogens (primary N) is 1. The van der Waals surface area contributed by atoms with Crippen LogP contribution in [0.3, 0.4) is 0 Å². The fourth-order valence-corrected chi connectivity index (χ4v) is 2.28. The van der Waals surface area contributed by atoms with Crippen molar-refractivity contribution in [1.82, 2.24) is 0 Å². The average molecular weight is 284 g/mol. The normalized spacial score (nSPS) is 10.4. The van der Waals surface area contributed by atoms with Crippen molar-refractivity contribution >= 4 is 17.3 Å². The zero-order chi connectivity index (χ0) is 15.6. The third kappa shape index (κ3) is 2.99. The van der Waals surface area contributed by atoms with E-state index < -0.39 is 0 Å². The van der Waals surface area contributed by atoms with Crippen LogP contribution in [-0.2, 0) is 0 Å². The molecule has 1 amide bonds. The summed E-state index contributed by atoms with van der Waals surface area (Å²) in [6, 6.07) is 10.3. The molecule has 0 aromatic heterocycles. The van der Waals surface area contributed by atoms with E-state index in [0.717, 1.165) is 16.8 Å². The van der Waals surface area contributed by atoms with Gasteiger partial charge >= 0.3 is 0 Å². The molecule has 2 aromatic rings. The number of rotatable bonds is 3. The van der Waals surface area contributed by atoms with Gasteiger partial charge in [0.2, 0.25) is 0 Å². The Kier molecular flexibility index (Phi) is 4.17. The summed E-state index contributed by atoms with van der Waals surface area (Å²) in [4.78, 5) is 14.4. The van der Waals surface area contributed by atoms with Crippen molar-refractivity contribution in [3.63, 3.8) is 0 Å². The number of aryl methyl sites for hydroxylation is 2. The number of nitrogen functional groups attached to an aromatic ring is 1. The van der Waals surface area contributed by atoms with Gasteiger partial charge in [-0.15, -0.1) is 0 Å². The molecule has 3 N–H and O–H groups in total. The van der Waals surface area contributed by atoms with E-state index in [1.165, 1.54) is 0 Å². The molecular formula is C17H20N2O2. The highest BCUT2D eigenvalue weighted by atomic mass is 16.3. The second kappa shape index (κ2) is 5.87. The lowest BCUT2D eigenvalue weighted by Gasteiger charge is -2.23. The molecule has 2 aromatic carbocycles. The molecule has 0 aliphatic heterocycles. The summed E-state index contributed by atoms with van der Waals surface area (Å²) in [5.74, 6) is 0.0460. The monoisotopic (exact) mass is 284 g/mol. The number of carbonyl (C=O) groups excluding carboxylic acids is 1. The van der Waals surface area contributed by atoms with Crippen LogP contribution in [-0.4, -0.2) is 17.6 Å². The first-order valence-corrected chi connectivity index (χ1v) is 6.91. The average Bonchev–Trinajstić information content (AvgIpc) is 2.46. The van der Waals surface area contributed by atoms with E-state index in [9.17, 15) is 9.90 Å². The van der Waals surface area contributed by atoms with Crippen molar-refractivity contribution in [2.75, 3.05) is 17.2 Å². The van der Waals surface area contributed by atoms with Crippen LogP contribution in [0.2, 0.25) is 0 Å². The third-order valence-electron chi connectivity index (χ3n) is 3.56. The SMILES string of the molecule is CCN(C(=O)c1ccc(N)c(C)c1)c1cc(O)ccc1C. The predicted octanol–water partition coefficient (Wildman–Crippen LogP) is 3.26. The molecule has 0 radical (unpaired) electrons. The Bertz CT molecular complexity index is 680. The summed E-state index contributed by atoms with van der Waals surface area (Å²) in [7, 11) is 0. The first-order chi connectivity index (χ1) is 9.93. The van der Waals surface area contributed by atoms with E-state index in [2.05, 4.69) is 0 Å². The van der Waals surface area contributed by atoms with Crippen LogP contribution < -0.4 is 10.6 Å². The van der Waals surface area contributed by atoms with Gasteiger partial charge in [-0.25, -0.2) is 0 Å². The van der Waals surface area contributed by atoms with E-state index in [1.807, 2.05) is 20.8 Å². The van der Waals surface area contributed by atoms with Crippen LogP contribution in [0.25, 0.3) is 0 Å². The molecule has 0 spiro atoms. The molecule has 0 fully saturated rings. The van der Waals surface area contributed by atoms with Crippen LogP contribution in [0.4, 0.5) is 11.4 Å². The molecule has 0 aliphatic rings. The second-order valence-electron chi connectivity index (χ2n) is 5.09. The van der Waals surface area contributed by atoms with Gasteiger partial charge in [-0.2, -0.15) is 0 Å². The molecular weight excluding hydrogens is 264 g/mol. The van der Waals surface area contributed by atoms with Crippen LogP contribution in [0.5, 0.6) is 5.75 Å². The summed E-state index contributed by atoms with van der Waals surface area (Å²) in [5.41, 5.74) is 9.59. The van der Waals surface area contributed by atoms with Gasteiger partial charge in [0.1, 0.15) is 5.75 Å². The molecule has 21 heavy (non-hydrogen) atoms. The lowest BCUT2D eigenvalue weighted by Crippen LogP contribution is -2.31. The summed E-state index contributed by atoms with van der Waals surface area (Å²) < 4.78 is 0. The van der Waals surface area contributed by atoms with Crippen molar-refractivity contribution in [3.8, 4) is 5.75 Å². The van der Waals surface area contributed by atoms with Gasteiger partial charge in [-0.1, -0.05) is 6.07 Å². The van der Waals surface area contributed by atoms with Gasteiger partial charge in [0.15, 0.2) is 0 Å². The highest BCUT2D eigenvalue weighted by molar-refractivity contribution is 6.06. The molecule has 0 aliphatic carbocycles. The minimum absolute atomic E-state index is 0.103. The van der Waals surface area contributed by atoms with Crippen LogP contribution in [0, 0.1) is 13.8 Å². The highest BCUT2D eigenvalue weighted by Gasteiger charge is 2.18. The van der Waals surface area contributed by atoms with E-state index in [-0.39, 0.29) is 11.7 Å². The fraction of sp³-hybridized carbons (Fsp3) is 0.235.